The van der Waals surface area contributed by atoms with Gasteiger partial charge in [-0.05, 0) is 42.3 Å². The second-order valence-electron chi connectivity index (χ2n) is 3.73. The molecule has 0 fully saturated rings. The summed E-state index contributed by atoms with van der Waals surface area (Å²) >= 11 is 3.41. The molecule has 86 valence electrons. The first-order valence-corrected chi connectivity index (χ1v) is 5.94. The molecule has 0 spiro atoms. The molecule has 0 aliphatic heterocycles. The van der Waals surface area contributed by atoms with Gasteiger partial charge in [-0.2, -0.15) is 0 Å². The van der Waals surface area contributed by atoms with Crippen LogP contribution in [0.15, 0.2) is 46.9 Å². The van der Waals surface area contributed by atoms with Gasteiger partial charge in [0.05, 0.1) is 0 Å². The maximum Gasteiger partial charge on any atom is 0.160 e. The van der Waals surface area contributed by atoms with Crippen molar-refractivity contribution in [3.05, 3.63) is 58.3 Å². The number of hydrogen-bond acceptors (Lipinski definition) is 1. The minimum atomic E-state index is -0.347. The third-order valence-corrected chi connectivity index (χ3v) is 3.22. The molecule has 2 aromatic carbocycles. The topological polar surface area (TPSA) is 17.1 Å². The number of hydrogen-bond donors (Lipinski definition) is 0. The van der Waals surface area contributed by atoms with E-state index in [-0.39, 0.29) is 11.6 Å². The van der Waals surface area contributed by atoms with E-state index in [0.717, 1.165) is 10.0 Å². The van der Waals surface area contributed by atoms with Crippen LogP contribution in [0.5, 0.6) is 0 Å². The molecule has 17 heavy (non-hydrogen) atoms. The van der Waals surface area contributed by atoms with E-state index in [1.165, 1.54) is 25.1 Å². The Morgan fingerprint density at radius 1 is 1.12 bits per heavy atom. The monoisotopic (exact) mass is 292 g/mol. The van der Waals surface area contributed by atoms with Crippen molar-refractivity contribution in [2.24, 2.45) is 0 Å². The van der Waals surface area contributed by atoms with Crippen molar-refractivity contribution in [1.82, 2.24) is 0 Å². The first kappa shape index (κ1) is 12.0. The molecule has 0 aliphatic carbocycles. The van der Waals surface area contributed by atoms with E-state index < -0.39 is 0 Å². The average molecular weight is 293 g/mol. The third-order valence-electron chi connectivity index (χ3n) is 2.52. The predicted molar refractivity (Wildman–Crippen MR) is 69.5 cm³/mol. The van der Waals surface area contributed by atoms with Gasteiger partial charge in [0.25, 0.3) is 0 Å². The number of carbonyl (C=O) groups is 1. The van der Waals surface area contributed by atoms with Crippen LogP contribution in [0, 0.1) is 5.82 Å². The summed E-state index contributed by atoms with van der Waals surface area (Å²) in [6, 6.07) is 11.7. The minimum absolute atomic E-state index is 0.0734. The Bertz CT molecular complexity index is 578. The molecule has 2 aromatic rings. The molecular formula is C14H10BrFO. The molecule has 0 bridgehead atoms. The fourth-order valence-electron chi connectivity index (χ4n) is 1.73. The summed E-state index contributed by atoms with van der Waals surface area (Å²) in [7, 11) is 0. The van der Waals surface area contributed by atoms with Crippen molar-refractivity contribution in [3.8, 4) is 11.1 Å². The van der Waals surface area contributed by atoms with Crippen LogP contribution >= 0.6 is 15.9 Å². The second kappa shape index (κ2) is 4.80. The molecule has 0 saturated carbocycles. The maximum absolute atomic E-state index is 13.3. The van der Waals surface area contributed by atoms with Crippen LogP contribution in [0.25, 0.3) is 11.1 Å². The van der Waals surface area contributed by atoms with Crippen molar-refractivity contribution in [3.63, 3.8) is 0 Å². The SMILES string of the molecule is CC(=O)c1ccc(F)cc1-c1ccccc1Br. The smallest absolute Gasteiger partial charge is 0.160 e. The van der Waals surface area contributed by atoms with Crippen LogP contribution in [0.2, 0.25) is 0 Å². The van der Waals surface area contributed by atoms with Gasteiger partial charge in [0.1, 0.15) is 5.82 Å². The van der Waals surface area contributed by atoms with Crippen LogP contribution in [-0.2, 0) is 0 Å². The zero-order chi connectivity index (χ0) is 12.4. The molecule has 0 aliphatic rings. The number of Topliss-reactive ketones (excluding diaryl/α,β-unsaturated/α-hetero) is 1. The lowest BCUT2D eigenvalue weighted by Crippen LogP contribution is -1.97. The van der Waals surface area contributed by atoms with Crippen LogP contribution in [0.4, 0.5) is 4.39 Å². The zero-order valence-corrected chi connectivity index (χ0v) is 10.8. The lowest BCUT2D eigenvalue weighted by Gasteiger charge is -2.09. The molecule has 0 atom stereocenters. The maximum atomic E-state index is 13.3. The first-order valence-electron chi connectivity index (χ1n) is 5.15. The van der Waals surface area contributed by atoms with Gasteiger partial charge < -0.3 is 0 Å². The molecule has 0 aromatic heterocycles. The van der Waals surface area contributed by atoms with Crippen LogP contribution in [0.3, 0.4) is 0 Å². The highest BCUT2D eigenvalue weighted by molar-refractivity contribution is 9.10. The van der Waals surface area contributed by atoms with Crippen molar-refractivity contribution in [2.45, 2.75) is 6.92 Å². The Kier molecular flexibility index (Phi) is 3.38. The summed E-state index contributed by atoms with van der Waals surface area (Å²) in [5.41, 5.74) is 1.96. The lowest BCUT2D eigenvalue weighted by molar-refractivity contribution is 0.101. The molecule has 2 rings (SSSR count). The van der Waals surface area contributed by atoms with Gasteiger partial charge in [-0.15, -0.1) is 0 Å². The van der Waals surface area contributed by atoms with E-state index in [1.54, 1.807) is 0 Å². The largest absolute Gasteiger partial charge is 0.294 e. The number of rotatable bonds is 2. The first-order chi connectivity index (χ1) is 8.09. The molecule has 0 N–H and O–H groups in total. The quantitative estimate of drug-likeness (QED) is 0.747. The molecule has 0 amide bonds. The standard InChI is InChI=1S/C14H10BrFO/c1-9(17)11-7-6-10(16)8-13(11)12-4-2-3-5-14(12)15/h2-8H,1H3. The van der Waals surface area contributed by atoms with Crippen LogP contribution in [0.1, 0.15) is 17.3 Å². The Hall–Kier alpha value is -1.48. The summed E-state index contributed by atoms with van der Waals surface area (Å²) in [6.45, 7) is 1.48. The number of benzene rings is 2. The lowest BCUT2D eigenvalue weighted by atomic mass is 9.97. The summed E-state index contributed by atoms with van der Waals surface area (Å²) in [5, 5.41) is 0. The normalized spacial score (nSPS) is 10.3. The summed E-state index contributed by atoms with van der Waals surface area (Å²) < 4.78 is 14.1. The second-order valence-corrected chi connectivity index (χ2v) is 4.58. The highest BCUT2D eigenvalue weighted by Crippen LogP contribution is 2.31. The fraction of sp³-hybridized carbons (Fsp3) is 0.0714. The van der Waals surface area contributed by atoms with Gasteiger partial charge in [0.15, 0.2) is 5.78 Å². The van der Waals surface area contributed by atoms with Crippen molar-refractivity contribution >= 4 is 21.7 Å². The molecule has 3 heteroatoms. The van der Waals surface area contributed by atoms with Gasteiger partial charge >= 0.3 is 0 Å². The molecule has 0 heterocycles. The van der Waals surface area contributed by atoms with Crippen LogP contribution in [-0.4, -0.2) is 5.78 Å². The Morgan fingerprint density at radius 2 is 1.82 bits per heavy atom. The Labute approximate surface area is 107 Å². The van der Waals surface area contributed by atoms with Crippen molar-refractivity contribution in [1.29, 1.82) is 0 Å². The molecular weight excluding hydrogens is 283 g/mol. The molecule has 0 radical (unpaired) electrons. The van der Waals surface area contributed by atoms with Crippen LogP contribution < -0.4 is 0 Å². The zero-order valence-electron chi connectivity index (χ0n) is 9.21. The fourth-order valence-corrected chi connectivity index (χ4v) is 2.22. The third kappa shape index (κ3) is 2.44. The van der Waals surface area contributed by atoms with E-state index >= 15 is 0 Å². The average Bonchev–Trinajstić information content (AvgIpc) is 2.29. The number of carbonyl (C=O) groups excluding carboxylic acids is 1. The van der Waals surface area contributed by atoms with E-state index in [2.05, 4.69) is 15.9 Å². The predicted octanol–water partition coefficient (Wildman–Crippen LogP) is 4.46. The minimum Gasteiger partial charge on any atom is -0.294 e. The highest BCUT2D eigenvalue weighted by atomic mass is 79.9. The van der Waals surface area contributed by atoms with Gasteiger partial charge in [0, 0.05) is 10.0 Å². The van der Waals surface area contributed by atoms with Gasteiger partial charge in [0.2, 0.25) is 0 Å². The van der Waals surface area contributed by atoms with E-state index in [1.807, 2.05) is 24.3 Å². The molecule has 0 saturated heterocycles. The molecule has 0 unspecified atom stereocenters. The number of halogens is 2. The van der Waals surface area contributed by atoms with E-state index in [4.69, 9.17) is 0 Å². The van der Waals surface area contributed by atoms with Crippen molar-refractivity contribution in [2.75, 3.05) is 0 Å². The van der Waals surface area contributed by atoms with Gasteiger partial charge in [-0.25, -0.2) is 4.39 Å². The Balaban J connectivity index is 2.70. The summed E-state index contributed by atoms with van der Waals surface area (Å²) in [4.78, 5) is 11.5. The van der Waals surface area contributed by atoms with Crippen molar-refractivity contribution < 1.29 is 9.18 Å². The highest BCUT2D eigenvalue weighted by Gasteiger charge is 2.12. The van der Waals surface area contributed by atoms with E-state index in [9.17, 15) is 9.18 Å². The van der Waals surface area contributed by atoms with Gasteiger partial charge in [-0.3, -0.25) is 4.79 Å². The van der Waals surface area contributed by atoms with Gasteiger partial charge in [-0.1, -0.05) is 34.1 Å². The number of ketones is 1. The molecule has 1 nitrogen and oxygen atoms in total. The van der Waals surface area contributed by atoms with E-state index in [0.29, 0.717) is 11.1 Å². The summed E-state index contributed by atoms with van der Waals surface area (Å²) in [5.74, 6) is -0.420. The summed E-state index contributed by atoms with van der Waals surface area (Å²) in [6.07, 6.45) is 0. The Morgan fingerprint density at radius 3 is 2.47 bits per heavy atom.